The van der Waals surface area contributed by atoms with Crippen LogP contribution in [0.5, 0.6) is 11.5 Å². The van der Waals surface area contributed by atoms with Crippen LogP contribution in [-0.4, -0.2) is 72.8 Å². The standard InChI is InChI=1S/C25H32N6O3/c1-30-10-5-11-31(2)22(32)15-33-21-12-18(8-9-20(21)34-19-6-3-4-7-19)29-25-23-17(14-30)13-26-24(23)27-16-28-25/h8-9,12-13,16,19H,3-7,10-11,14-15H2,1-2H3,(H2,26,27,28,29). The Kier molecular flexibility index (Phi) is 6.53. The molecule has 0 atom stereocenters. The highest BCUT2D eigenvalue weighted by molar-refractivity contribution is 6.13. The van der Waals surface area contributed by atoms with E-state index in [0.717, 1.165) is 49.3 Å². The molecular weight excluding hydrogens is 432 g/mol. The van der Waals surface area contributed by atoms with Crippen molar-refractivity contribution in [3.8, 4) is 11.5 Å². The number of amidine groups is 1. The van der Waals surface area contributed by atoms with Gasteiger partial charge in [-0.15, -0.1) is 0 Å². The summed E-state index contributed by atoms with van der Waals surface area (Å²) in [7, 11) is 3.91. The molecule has 0 spiro atoms. The van der Waals surface area contributed by atoms with Crippen molar-refractivity contribution in [2.45, 2.75) is 44.8 Å². The number of aliphatic imine (C=N–C) groups is 2. The van der Waals surface area contributed by atoms with Gasteiger partial charge in [0.15, 0.2) is 23.9 Å². The predicted molar refractivity (Wildman–Crippen MR) is 133 cm³/mol. The van der Waals surface area contributed by atoms with Gasteiger partial charge in [0.05, 0.1) is 23.7 Å². The summed E-state index contributed by atoms with van der Waals surface area (Å²) in [5.74, 6) is 2.66. The fourth-order valence-corrected chi connectivity index (χ4v) is 4.67. The van der Waals surface area contributed by atoms with Crippen LogP contribution in [0.4, 0.5) is 11.5 Å². The van der Waals surface area contributed by atoms with Crippen molar-refractivity contribution >= 4 is 29.6 Å². The molecule has 2 bridgehead atoms. The maximum Gasteiger partial charge on any atom is 0.260 e. The van der Waals surface area contributed by atoms with Crippen molar-refractivity contribution in [2.75, 3.05) is 39.1 Å². The number of nitrogens with zero attached hydrogens (tertiary/aromatic N) is 4. The van der Waals surface area contributed by atoms with Gasteiger partial charge in [-0.2, -0.15) is 0 Å². The molecule has 1 fully saturated rings. The zero-order valence-electron chi connectivity index (χ0n) is 19.8. The average molecular weight is 465 g/mol. The molecule has 34 heavy (non-hydrogen) atoms. The third-order valence-electron chi connectivity index (χ3n) is 6.59. The lowest BCUT2D eigenvalue weighted by molar-refractivity contribution is -0.132. The van der Waals surface area contributed by atoms with Crippen LogP contribution >= 0.6 is 0 Å². The second kappa shape index (κ2) is 9.89. The Hall–Kier alpha value is -3.33. The number of benzene rings is 1. The van der Waals surface area contributed by atoms with Crippen molar-refractivity contribution in [1.29, 1.82) is 0 Å². The highest BCUT2D eigenvalue weighted by Crippen LogP contribution is 2.36. The minimum absolute atomic E-state index is 0.0401. The summed E-state index contributed by atoms with van der Waals surface area (Å²) < 4.78 is 12.2. The van der Waals surface area contributed by atoms with Crippen LogP contribution in [0.25, 0.3) is 0 Å². The van der Waals surface area contributed by atoms with E-state index in [4.69, 9.17) is 14.5 Å². The monoisotopic (exact) mass is 464 g/mol. The number of carbonyl (C=O) groups is 1. The lowest BCUT2D eigenvalue weighted by atomic mass is 10.1. The summed E-state index contributed by atoms with van der Waals surface area (Å²) in [6.07, 6.45) is 9.15. The Morgan fingerprint density at radius 3 is 2.85 bits per heavy atom. The van der Waals surface area contributed by atoms with Crippen molar-refractivity contribution < 1.29 is 14.3 Å². The van der Waals surface area contributed by atoms with E-state index < -0.39 is 0 Å². The second-order valence-corrected chi connectivity index (χ2v) is 9.25. The first kappa shape index (κ1) is 22.5. The lowest BCUT2D eigenvalue weighted by Gasteiger charge is -2.22. The number of amides is 1. The number of ether oxygens (including phenoxy) is 2. The first-order valence-electron chi connectivity index (χ1n) is 12.0. The maximum atomic E-state index is 12.7. The number of fused-ring (bicyclic) bond motifs is 2. The molecule has 2 N–H and O–H groups in total. The van der Waals surface area contributed by atoms with E-state index in [2.05, 4.69) is 27.2 Å². The molecule has 0 radical (unpaired) electrons. The summed E-state index contributed by atoms with van der Waals surface area (Å²) >= 11 is 0. The minimum atomic E-state index is -0.0567. The van der Waals surface area contributed by atoms with Gasteiger partial charge < -0.3 is 29.6 Å². The van der Waals surface area contributed by atoms with Crippen LogP contribution in [-0.2, 0) is 11.3 Å². The SMILES string of the molecule is CN1CCCN(C)C(=O)COc2cc(ccc2OC2CCCC2)/N=C2/N=CNc3[nH]cc(c32)C1. The van der Waals surface area contributed by atoms with Gasteiger partial charge in [0, 0.05) is 32.4 Å². The predicted octanol–water partition coefficient (Wildman–Crippen LogP) is 3.54. The largest absolute Gasteiger partial charge is 0.487 e. The number of hydrogen-bond acceptors (Lipinski definition) is 7. The fraction of sp³-hybridized carbons (Fsp3) is 0.480. The number of aromatic nitrogens is 1. The summed E-state index contributed by atoms with van der Waals surface area (Å²) in [6.45, 7) is 2.24. The Bertz CT molecular complexity index is 1100. The molecule has 9 heteroatoms. The van der Waals surface area contributed by atoms with Crippen molar-refractivity contribution in [1.82, 2.24) is 14.8 Å². The van der Waals surface area contributed by atoms with Crippen LogP contribution in [0, 0.1) is 0 Å². The van der Waals surface area contributed by atoms with Crippen LogP contribution in [0.15, 0.2) is 34.4 Å². The number of likely N-dealkylation sites (N-methyl/N-ethyl adjacent to an activating group) is 1. The third kappa shape index (κ3) is 4.94. The first-order valence-corrected chi connectivity index (χ1v) is 12.0. The number of carbonyl (C=O) groups excluding carboxylic acids is 1. The molecule has 9 nitrogen and oxygen atoms in total. The number of H-pyrrole nitrogens is 1. The molecule has 3 heterocycles. The van der Waals surface area contributed by atoms with Crippen LogP contribution in [0.2, 0.25) is 0 Å². The average Bonchev–Trinajstić information content (AvgIpc) is 3.49. The van der Waals surface area contributed by atoms with Gasteiger partial charge in [0.25, 0.3) is 5.91 Å². The van der Waals surface area contributed by atoms with E-state index in [1.807, 2.05) is 31.4 Å². The summed E-state index contributed by atoms with van der Waals surface area (Å²) in [4.78, 5) is 29.3. The summed E-state index contributed by atoms with van der Waals surface area (Å²) in [6, 6.07) is 5.64. The van der Waals surface area contributed by atoms with E-state index in [1.54, 1.807) is 11.2 Å². The normalized spacial score (nSPS) is 21.4. The third-order valence-corrected chi connectivity index (χ3v) is 6.59. The highest BCUT2D eigenvalue weighted by Gasteiger charge is 2.23. The van der Waals surface area contributed by atoms with E-state index in [-0.39, 0.29) is 18.6 Å². The quantitative estimate of drug-likeness (QED) is 0.709. The van der Waals surface area contributed by atoms with Crippen LogP contribution < -0.4 is 14.8 Å². The van der Waals surface area contributed by atoms with Crippen molar-refractivity contribution in [3.05, 3.63) is 35.5 Å². The molecular formula is C25H32N6O3. The lowest BCUT2D eigenvalue weighted by Crippen LogP contribution is -2.34. The van der Waals surface area contributed by atoms with Crippen LogP contribution in [0.3, 0.4) is 0 Å². The Morgan fingerprint density at radius 1 is 1.15 bits per heavy atom. The molecule has 0 unspecified atom stereocenters. The smallest absolute Gasteiger partial charge is 0.260 e. The van der Waals surface area contributed by atoms with Gasteiger partial charge >= 0.3 is 0 Å². The van der Waals surface area contributed by atoms with Gasteiger partial charge in [-0.25, -0.2) is 9.98 Å². The molecule has 3 aliphatic rings. The molecule has 5 rings (SSSR count). The van der Waals surface area contributed by atoms with Gasteiger partial charge in [-0.05, 0) is 63.4 Å². The van der Waals surface area contributed by atoms with Crippen molar-refractivity contribution in [2.24, 2.45) is 9.98 Å². The van der Waals surface area contributed by atoms with Gasteiger partial charge in [0.1, 0.15) is 5.82 Å². The topological polar surface area (TPSA) is 94.6 Å². The Labute approximate surface area is 199 Å². The summed E-state index contributed by atoms with van der Waals surface area (Å²) in [5.41, 5.74) is 2.79. The minimum Gasteiger partial charge on any atom is -0.487 e. The molecule has 1 aliphatic carbocycles. The molecule has 1 aromatic carbocycles. The number of hydrogen-bond donors (Lipinski definition) is 2. The molecule has 2 aromatic rings. The number of aromatic amines is 1. The first-order chi connectivity index (χ1) is 16.6. The van der Waals surface area contributed by atoms with E-state index >= 15 is 0 Å². The number of anilines is 1. The molecule has 180 valence electrons. The fourth-order valence-electron chi connectivity index (χ4n) is 4.67. The molecule has 1 saturated carbocycles. The maximum absolute atomic E-state index is 12.7. The zero-order valence-corrected chi connectivity index (χ0v) is 19.8. The summed E-state index contributed by atoms with van der Waals surface area (Å²) in [5, 5.41) is 3.18. The van der Waals surface area contributed by atoms with E-state index in [9.17, 15) is 4.79 Å². The van der Waals surface area contributed by atoms with E-state index in [1.165, 1.54) is 12.8 Å². The van der Waals surface area contributed by atoms with Gasteiger partial charge in [0.2, 0.25) is 0 Å². The number of nitrogens with one attached hydrogen (secondary N) is 2. The van der Waals surface area contributed by atoms with Gasteiger partial charge in [-0.3, -0.25) is 4.79 Å². The second-order valence-electron chi connectivity index (χ2n) is 9.25. The molecule has 1 aromatic heterocycles. The Morgan fingerprint density at radius 2 is 2.00 bits per heavy atom. The van der Waals surface area contributed by atoms with Crippen LogP contribution in [0.1, 0.15) is 43.2 Å². The zero-order chi connectivity index (χ0) is 23.5. The molecule has 0 saturated heterocycles. The highest BCUT2D eigenvalue weighted by atomic mass is 16.5. The molecule has 2 aliphatic heterocycles. The molecule has 1 amide bonds. The van der Waals surface area contributed by atoms with Gasteiger partial charge in [-0.1, -0.05) is 0 Å². The van der Waals surface area contributed by atoms with E-state index in [0.29, 0.717) is 29.6 Å². The Balaban J connectivity index is 1.52. The van der Waals surface area contributed by atoms with Crippen molar-refractivity contribution in [3.63, 3.8) is 0 Å². The number of rotatable bonds is 2.